The van der Waals surface area contributed by atoms with E-state index in [2.05, 4.69) is 9.97 Å². The van der Waals surface area contributed by atoms with Crippen molar-refractivity contribution in [3.8, 4) is 11.1 Å². The number of aromatic nitrogens is 2. The number of fused-ring (bicyclic) bond motifs is 3. The lowest BCUT2D eigenvalue weighted by Crippen LogP contribution is -2.11. The lowest BCUT2D eigenvalue weighted by molar-refractivity contribution is 0.0697. The van der Waals surface area contributed by atoms with Gasteiger partial charge < -0.3 is 15.1 Å². The van der Waals surface area contributed by atoms with Crippen molar-refractivity contribution in [2.45, 2.75) is 6.92 Å². The van der Waals surface area contributed by atoms with Crippen LogP contribution >= 0.6 is 0 Å². The van der Waals surface area contributed by atoms with Crippen LogP contribution in [-0.4, -0.2) is 21.0 Å². The van der Waals surface area contributed by atoms with Gasteiger partial charge in [0.15, 0.2) is 0 Å². The topological polar surface area (TPSA) is 85.9 Å². The van der Waals surface area contributed by atoms with E-state index >= 15 is 0 Å². The number of rotatable bonds is 2. The normalized spacial score (nSPS) is 11.2. The Morgan fingerprint density at radius 2 is 1.79 bits per heavy atom. The number of carboxylic acids is 1. The van der Waals surface area contributed by atoms with Crippen molar-refractivity contribution in [1.29, 1.82) is 0 Å². The summed E-state index contributed by atoms with van der Waals surface area (Å²) in [7, 11) is 0. The third kappa shape index (κ3) is 2.02. The molecule has 0 saturated carbocycles. The van der Waals surface area contributed by atoms with Crippen LogP contribution in [0.2, 0.25) is 0 Å². The standard InChI is InChI=1S/C19H14N2O3/c1-10-15(11-5-4-6-12(9-11)19(23)24)17-16(21-18(10)22)13-7-2-3-8-14(13)20-17/h2-9,20H,1H3,(H,21,22)(H,23,24). The Bertz CT molecular complexity index is 1170. The molecule has 0 bridgehead atoms. The number of hydrogen-bond donors (Lipinski definition) is 3. The van der Waals surface area contributed by atoms with Gasteiger partial charge in [-0.1, -0.05) is 30.3 Å². The second-order valence-corrected chi connectivity index (χ2v) is 5.76. The first kappa shape index (κ1) is 14.3. The molecule has 24 heavy (non-hydrogen) atoms. The summed E-state index contributed by atoms with van der Waals surface area (Å²) in [5.74, 6) is -0.993. The lowest BCUT2D eigenvalue weighted by atomic mass is 9.98. The Morgan fingerprint density at radius 3 is 2.58 bits per heavy atom. The van der Waals surface area contributed by atoms with E-state index in [1.807, 2.05) is 30.3 Å². The first-order valence-corrected chi connectivity index (χ1v) is 7.53. The Kier molecular flexibility index (Phi) is 3.03. The average Bonchev–Trinajstić information content (AvgIpc) is 2.94. The van der Waals surface area contributed by atoms with E-state index in [0.717, 1.165) is 27.5 Å². The number of nitrogens with one attached hydrogen (secondary N) is 2. The van der Waals surface area contributed by atoms with Gasteiger partial charge in [0.1, 0.15) is 0 Å². The van der Waals surface area contributed by atoms with Crippen LogP contribution in [0, 0.1) is 6.92 Å². The molecule has 5 nitrogen and oxygen atoms in total. The molecule has 3 N–H and O–H groups in total. The van der Waals surface area contributed by atoms with E-state index < -0.39 is 5.97 Å². The maximum Gasteiger partial charge on any atom is 0.335 e. The van der Waals surface area contributed by atoms with Crippen molar-refractivity contribution >= 4 is 27.9 Å². The summed E-state index contributed by atoms with van der Waals surface area (Å²) in [5, 5.41) is 10.2. The molecule has 0 aliphatic rings. The van der Waals surface area contributed by atoms with Crippen LogP contribution in [-0.2, 0) is 0 Å². The summed E-state index contributed by atoms with van der Waals surface area (Å²) >= 11 is 0. The van der Waals surface area contributed by atoms with Gasteiger partial charge in [-0.2, -0.15) is 0 Å². The Balaban J connectivity index is 2.15. The highest BCUT2D eigenvalue weighted by Gasteiger charge is 2.16. The fourth-order valence-corrected chi connectivity index (χ4v) is 3.14. The average molecular weight is 318 g/mol. The number of H-pyrrole nitrogens is 2. The molecule has 5 heteroatoms. The largest absolute Gasteiger partial charge is 0.478 e. The van der Waals surface area contributed by atoms with Crippen LogP contribution in [0.15, 0.2) is 53.3 Å². The van der Waals surface area contributed by atoms with Crippen molar-refractivity contribution in [2.24, 2.45) is 0 Å². The fourth-order valence-electron chi connectivity index (χ4n) is 3.14. The number of benzene rings is 2. The number of aromatic amines is 2. The van der Waals surface area contributed by atoms with Gasteiger partial charge in [-0.3, -0.25) is 4.79 Å². The molecule has 2 aromatic carbocycles. The van der Waals surface area contributed by atoms with Gasteiger partial charge in [-0.25, -0.2) is 4.79 Å². The zero-order chi connectivity index (χ0) is 16.8. The quantitative estimate of drug-likeness (QED) is 0.527. The highest BCUT2D eigenvalue weighted by atomic mass is 16.4. The zero-order valence-corrected chi connectivity index (χ0v) is 12.9. The molecule has 2 aromatic heterocycles. The molecule has 0 aliphatic carbocycles. The van der Waals surface area contributed by atoms with Crippen LogP contribution in [0.4, 0.5) is 0 Å². The molecular formula is C19H14N2O3. The monoisotopic (exact) mass is 318 g/mol. The van der Waals surface area contributed by atoms with Crippen molar-refractivity contribution in [3.63, 3.8) is 0 Å². The smallest absolute Gasteiger partial charge is 0.335 e. The Labute approximate surface area is 136 Å². The first-order valence-electron chi connectivity index (χ1n) is 7.53. The van der Waals surface area contributed by atoms with Crippen molar-refractivity contribution in [3.05, 3.63) is 70.0 Å². The highest BCUT2D eigenvalue weighted by molar-refractivity contribution is 6.10. The van der Waals surface area contributed by atoms with Gasteiger partial charge >= 0.3 is 5.97 Å². The molecule has 0 radical (unpaired) electrons. The van der Waals surface area contributed by atoms with Crippen LogP contribution in [0.5, 0.6) is 0 Å². The molecule has 0 atom stereocenters. The molecule has 4 aromatic rings. The summed E-state index contributed by atoms with van der Waals surface area (Å²) < 4.78 is 0. The number of para-hydroxylation sites is 1. The molecule has 4 rings (SSSR count). The second-order valence-electron chi connectivity index (χ2n) is 5.76. The molecule has 0 aliphatic heterocycles. The van der Waals surface area contributed by atoms with E-state index in [0.29, 0.717) is 11.1 Å². The minimum Gasteiger partial charge on any atom is -0.478 e. The predicted molar refractivity (Wildman–Crippen MR) is 93.6 cm³/mol. The highest BCUT2D eigenvalue weighted by Crippen LogP contribution is 2.33. The summed E-state index contributed by atoms with van der Waals surface area (Å²) in [6.07, 6.45) is 0. The van der Waals surface area contributed by atoms with Gasteiger partial charge in [-0.05, 0) is 30.7 Å². The molecule has 0 saturated heterocycles. The number of carboxylic acid groups (broad SMARTS) is 1. The molecule has 2 heterocycles. The Hall–Kier alpha value is -3.34. The van der Waals surface area contributed by atoms with Crippen LogP contribution < -0.4 is 5.56 Å². The molecule has 0 spiro atoms. The van der Waals surface area contributed by atoms with Crippen molar-refractivity contribution in [2.75, 3.05) is 0 Å². The molecule has 118 valence electrons. The third-order valence-corrected chi connectivity index (χ3v) is 4.31. The fraction of sp³-hybridized carbons (Fsp3) is 0.0526. The third-order valence-electron chi connectivity index (χ3n) is 4.31. The van der Waals surface area contributed by atoms with Gasteiger partial charge in [0.2, 0.25) is 0 Å². The van der Waals surface area contributed by atoms with Gasteiger partial charge in [-0.15, -0.1) is 0 Å². The van der Waals surface area contributed by atoms with E-state index in [-0.39, 0.29) is 11.1 Å². The van der Waals surface area contributed by atoms with Crippen LogP contribution in [0.3, 0.4) is 0 Å². The van der Waals surface area contributed by atoms with E-state index in [9.17, 15) is 14.7 Å². The maximum absolute atomic E-state index is 12.4. The number of aromatic carboxylic acids is 1. The zero-order valence-electron chi connectivity index (χ0n) is 12.9. The van der Waals surface area contributed by atoms with Gasteiger partial charge in [0.05, 0.1) is 16.6 Å². The summed E-state index contributed by atoms with van der Waals surface area (Å²) in [5.41, 5.74) is 4.45. The van der Waals surface area contributed by atoms with Crippen molar-refractivity contribution in [1.82, 2.24) is 9.97 Å². The lowest BCUT2D eigenvalue weighted by Gasteiger charge is -2.08. The van der Waals surface area contributed by atoms with E-state index in [1.165, 1.54) is 6.07 Å². The summed E-state index contributed by atoms with van der Waals surface area (Å²) in [6, 6.07) is 14.4. The molecular weight excluding hydrogens is 304 g/mol. The Morgan fingerprint density at radius 1 is 1.00 bits per heavy atom. The molecule has 0 fully saturated rings. The SMILES string of the molecule is Cc1c(-c2cccc(C(=O)O)c2)c2[nH]c3ccccc3c2[nH]c1=O. The summed E-state index contributed by atoms with van der Waals surface area (Å²) in [6.45, 7) is 1.74. The minimum atomic E-state index is -0.993. The van der Waals surface area contributed by atoms with E-state index in [4.69, 9.17) is 0 Å². The maximum atomic E-state index is 12.4. The first-order chi connectivity index (χ1) is 11.6. The number of pyridine rings is 1. The summed E-state index contributed by atoms with van der Waals surface area (Å²) in [4.78, 5) is 29.9. The van der Waals surface area contributed by atoms with Gasteiger partial charge in [0.25, 0.3) is 5.56 Å². The minimum absolute atomic E-state index is 0.178. The number of carbonyl (C=O) groups is 1. The second kappa shape index (κ2) is 5.09. The van der Waals surface area contributed by atoms with E-state index in [1.54, 1.807) is 19.1 Å². The molecule has 0 unspecified atom stereocenters. The van der Waals surface area contributed by atoms with Crippen molar-refractivity contribution < 1.29 is 9.90 Å². The number of hydrogen-bond acceptors (Lipinski definition) is 2. The molecule has 0 amide bonds. The van der Waals surface area contributed by atoms with Crippen LogP contribution in [0.25, 0.3) is 33.1 Å². The van der Waals surface area contributed by atoms with Crippen LogP contribution in [0.1, 0.15) is 15.9 Å². The predicted octanol–water partition coefficient (Wildman–Crippen LogP) is 3.68. The van der Waals surface area contributed by atoms with Gasteiger partial charge in [0, 0.05) is 22.0 Å².